The second-order valence-electron chi connectivity index (χ2n) is 5.31. The lowest BCUT2D eigenvalue weighted by Crippen LogP contribution is -2.09. The quantitative estimate of drug-likeness (QED) is 0.677. The Labute approximate surface area is 145 Å². The average molecular weight is 358 g/mol. The lowest BCUT2D eigenvalue weighted by atomic mass is 10.2. The first-order valence-corrected chi connectivity index (χ1v) is 9.28. The summed E-state index contributed by atoms with van der Waals surface area (Å²) in [6, 6.07) is 9.94. The number of benzene rings is 1. The van der Waals surface area contributed by atoms with Gasteiger partial charge in [-0.1, -0.05) is 36.4 Å². The molecule has 2 aromatic heterocycles. The van der Waals surface area contributed by atoms with Crippen LogP contribution in [0.2, 0.25) is 0 Å². The zero-order valence-corrected chi connectivity index (χ0v) is 14.5. The Hall–Kier alpha value is -2.87. The van der Waals surface area contributed by atoms with Crippen LogP contribution in [0.25, 0.3) is 11.0 Å². The van der Waals surface area contributed by atoms with E-state index in [0.717, 1.165) is 17.4 Å². The van der Waals surface area contributed by atoms with Gasteiger partial charge in [-0.05, 0) is 12.5 Å². The first kappa shape index (κ1) is 17.0. The van der Waals surface area contributed by atoms with Crippen LogP contribution in [0.1, 0.15) is 12.5 Å². The van der Waals surface area contributed by atoms with E-state index in [4.69, 9.17) is 4.74 Å². The van der Waals surface area contributed by atoms with Crippen molar-refractivity contribution >= 4 is 26.7 Å². The summed E-state index contributed by atoms with van der Waals surface area (Å²) in [5.41, 5.74) is 2.00. The van der Waals surface area contributed by atoms with Crippen LogP contribution in [0, 0.1) is 0 Å². The summed E-state index contributed by atoms with van der Waals surface area (Å²) in [6.45, 7) is 2.05. The predicted octanol–water partition coefficient (Wildman–Crippen LogP) is 2.85. The van der Waals surface area contributed by atoms with Gasteiger partial charge in [0.1, 0.15) is 17.4 Å². The fourth-order valence-corrected chi connectivity index (χ4v) is 3.29. The fourth-order valence-electron chi connectivity index (χ4n) is 2.40. The van der Waals surface area contributed by atoms with Crippen LogP contribution < -0.4 is 9.46 Å². The van der Waals surface area contributed by atoms with E-state index < -0.39 is 10.0 Å². The molecule has 0 aliphatic rings. The Bertz CT molecular complexity index is 982. The highest BCUT2D eigenvalue weighted by Crippen LogP contribution is 2.30. The molecule has 1 aromatic carbocycles. The molecule has 0 fully saturated rings. The highest BCUT2D eigenvalue weighted by atomic mass is 32.2. The highest BCUT2D eigenvalue weighted by Gasteiger charge is 2.16. The van der Waals surface area contributed by atoms with Crippen molar-refractivity contribution in [1.82, 2.24) is 15.0 Å². The molecule has 2 N–H and O–H groups in total. The molecule has 0 bridgehead atoms. The summed E-state index contributed by atoms with van der Waals surface area (Å²) >= 11 is 0. The van der Waals surface area contributed by atoms with Crippen molar-refractivity contribution in [1.29, 1.82) is 0 Å². The summed E-state index contributed by atoms with van der Waals surface area (Å²) in [5.74, 6) is 0.334. The van der Waals surface area contributed by atoms with Gasteiger partial charge in [0.15, 0.2) is 0 Å². The monoisotopic (exact) mass is 358 g/mol. The minimum absolute atomic E-state index is 0.334. The van der Waals surface area contributed by atoms with Crippen molar-refractivity contribution in [2.45, 2.75) is 13.3 Å². The third-order valence-corrected chi connectivity index (χ3v) is 4.61. The first-order chi connectivity index (χ1) is 12.1. The number of allylic oxidation sites excluding steroid dienone is 1. The summed E-state index contributed by atoms with van der Waals surface area (Å²) < 4.78 is 32.2. The van der Waals surface area contributed by atoms with Gasteiger partial charge >= 0.3 is 0 Å². The van der Waals surface area contributed by atoms with Crippen LogP contribution in [0.3, 0.4) is 0 Å². The normalized spacial score (nSPS) is 11.9. The van der Waals surface area contributed by atoms with E-state index in [1.54, 1.807) is 6.92 Å². The molecule has 0 radical (unpaired) electrons. The van der Waals surface area contributed by atoms with Crippen molar-refractivity contribution in [3.8, 4) is 5.88 Å². The smallest absolute Gasteiger partial charge is 0.254 e. The van der Waals surface area contributed by atoms with Gasteiger partial charge in [-0.2, -0.15) is 0 Å². The Kier molecular flexibility index (Phi) is 4.99. The first-order valence-electron chi connectivity index (χ1n) is 7.73. The van der Waals surface area contributed by atoms with Gasteiger partial charge in [-0.3, -0.25) is 4.72 Å². The molecule has 3 rings (SSSR count). The number of sulfonamides is 1. The number of hydrogen-bond acceptors (Lipinski definition) is 5. The number of nitrogens with zero attached hydrogens (tertiary/aromatic N) is 2. The molecule has 0 aliphatic heterocycles. The molecule has 0 saturated heterocycles. The van der Waals surface area contributed by atoms with Gasteiger partial charge in [-0.15, -0.1) is 0 Å². The summed E-state index contributed by atoms with van der Waals surface area (Å²) in [7, 11) is -3.59. The molecule has 8 heteroatoms. The standard InChI is InChI=1S/C17H18N4O3S/c1-2-10-25(22,23)21-14-11-18-16-15(14)17(20-12-19-16)24-9-8-13-6-4-3-5-7-13/h2-7,10-12,21H,8-9H2,1H3,(H,18,19,20)/b10-2+. The van der Waals surface area contributed by atoms with E-state index in [0.29, 0.717) is 29.2 Å². The van der Waals surface area contributed by atoms with Gasteiger partial charge in [-0.25, -0.2) is 18.4 Å². The number of rotatable bonds is 7. The second kappa shape index (κ2) is 7.35. The molecule has 0 amide bonds. The molecule has 0 aliphatic carbocycles. The van der Waals surface area contributed by atoms with Crippen molar-refractivity contribution < 1.29 is 13.2 Å². The van der Waals surface area contributed by atoms with E-state index in [1.807, 2.05) is 30.3 Å². The van der Waals surface area contributed by atoms with Crippen molar-refractivity contribution in [3.63, 3.8) is 0 Å². The highest BCUT2D eigenvalue weighted by molar-refractivity contribution is 7.95. The summed E-state index contributed by atoms with van der Waals surface area (Å²) in [6.07, 6.45) is 5.08. The maximum Gasteiger partial charge on any atom is 0.254 e. The molecule has 25 heavy (non-hydrogen) atoms. The van der Waals surface area contributed by atoms with Gasteiger partial charge in [0.2, 0.25) is 5.88 Å². The van der Waals surface area contributed by atoms with Crippen molar-refractivity contribution in [3.05, 3.63) is 59.9 Å². The molecular formula is C17H18N4O3S. The zero-order valence-electron chi connectivity index (χ0n) is 13.6. The average Bonchev–Trinajstić information content (AvgIpc) is 2.99. The summed E-state index contributed by atoms with van der Waals surface area (Å²) in [4.78, 5) is 11.2. The third kappa shape index (κ3) is 4.16. The Morgan fingerprint density at radius 3 is 2.80 bits per heavy atom. The lowest BCUT2D eigenvalue weighted by Gasteiger charge is -2.08. The SMILES string of the molecule is C/C=C/S(=O)(=O)Nc1c[nH]c2ncnc(OCCc3ccccc3)c12. The molecule has 3 aromatic rings. The fraction of sp³-hybridized carbons (Fsp3) is 0.176. The topological polar surface area (TPSA) is 97.0 Å². The predicted molar refractivity (Wildman–Crippen MR) is 96.9 cm³/mol. The molecule has 0 saturated carbocycles. The number of fused-ring (bicyclic) bond motifs is 1. The Balaban J connectivity index is 1.82. The van der Waals surface area contributed by atoms with E-state index in [1.165, 1.54) is 18.6 Å². The molecule has 0 unspecified atom stereocenters. The number of H-pyrrole nitrogens is 1. The van der Waals surface area contributed by atoms with Gasteiger partial charge in [0.05, 0.1) is 12.3 Å². The Morgan fingerprint density at radius 2 is 2.04 bits per heavy atom. The van der Waals surface area contributed by atoms with Crippen LogP contribution in [0.5, 0.6) is 5.88 Å². The van der Waals surface area contributed by atoms with Gasteiger partial charge < -0.3 is 9.72 Å². The number of nitrogens with one attached hydrogen (secondary N) is 2. The van der Waals surface area contributed by atoms with Crippen LogP contribution in [0.15, 0.2) is 54.3 Å². The Morgan fingerprint density at radius 1 is 1.24 bits per heavy atom. The molecule has 0 spiro atoms. The largest absolute Gasteiger partial charge is 0.477 e. The second-order valence-corrected chi connectivity index (χ2v) is 6.87. The van der Waals surface area contributed by atoms with Gasteiger partial charge in [0.25, 0.3) is 10.0 Å². The van der Waals surface area contributed by atoms with Gasteiger partial charge in [0, 0.05) is 18.0 Å². The van der Waals surface area contributed by atoms with E-state index in [9.17, 15) is 8.42 Å². The third-order valence-electron chi connectivity index (χ3n) is 3.47. The molecule has 0 atom stereocenters. The molecular weight excluding hydrogens is 340 g/mol. The van der Waals surface area contributed by atoms with Crippen molar-refractivity contribution in [2.75, 3.05) is 11.3 Å². The zero-order chi connectivity index (χ0) is 17.7. The number of anilines is 1. The molecule has 130 valence electrons. The van der Waals surface area contributed by atoms with Crippen LogP contribution in [0.4, 0.5) is 5.69 Å². The number of aromatic amines is 1. The van der Waals surface area contributed by atoms with Crippen LogP contribution in [-0.2, 0) is 16.4 Å². The maximum atomic E-state index is 12.0. The van der Waals surface area contributed by atoms with E-state index in [2.05, 4.69) is 19.7 Å². The number of aromatic nitrogens is 3. The van der Waals surface area contributed by atoms with Crippen LogP contribution >= 0.6 is 0 Å². The maximum absolute atomic E-state index is 12.0. The lowest BCUT2D eigenvalue weighted by molar-refractivity contribution is 0.313. The number of ether oxygens (including phenoxy) is 1. The van der Waals surface area contributed by atoms with Crippen LogP contribution in [-0.4, -0.2) is 30.0 Å². The number of hydrogen-bond donors (Lipinski definition) is 2. The van der Waals surface area contributed by atoms with Crippen molar-refractivity contribution in [2.24, 2.45) is 0 Å². The summed E-state index contributed by atoms with van der Waals surface area (Å²) in [5, 5.41) is 1.59. The molecule has 7 nitrogen and oxygen atoms in total. The minimum Gasteiger partial charge on any atom is -0.477 e. The minimum atomic E-state index is -3.59. The molecule has 2 heterocycles. The van der Waals surface area contributed by atoms with E-state index in [-0.39, 0.29) is 0 Å². The van der Waals surface area contributed by atoms with E-state index >= 15 is 0 Å².